The van der Waals surface area contributed by atoms with E-state index >= 15 is 0 Å². The molecule has 0 aliphatic carbocycles. The Labute approximate surface area is 248 Å². The molecule has 5 aromatic rings. The molecule has 0 saturated carbocycles. The normalized spacial score (nSPS) is 13.5. The molecule has 1 aliphatic heterocycles. The van der Waals surface area contributed by atoms with Gasteiger partial charge in [0.15, 0.2) is 5.11 Å². The van der Waals surface area contributed by atoms with Crippen molar-refractivity contribution >= 4 is 56.5 Å². The monoisotopic (exact) mass is 598 g/mol. The number of aromatic nitrogens is 2. The van der Waals surface area contributed by atoms with E-state index in [0.29, 0.717) is 32.8 Å². The minimum absolute atomic E-state index is 0.238. The smallest absolute Gasteiger partial charge is 0.264 e. The van der Waals surface area contributed by atoms with Gasteiger partial charge < -0.3 is 5.32 Å². The molecule has 8 nitrogen and oxygen atoms in total. The molecule has 41 heavy (non-hydrogen) atoms. The van der Waals surface area contributed by atoms with Crippen molar-refractivity contribution < 1.29 is 8.42 Å². The van der Waals surface area contributed by atoms with Crippen molar-refractivity contribution in [2.24, 2.45) is 5.10 Å². The van der Waals surface area contributed by atoms with Crippen LogP contribution in [0.2, 0.25) is 5.02 Å². The summed E-state index contributed by atoms with van der Waals surface area (Å²) in [6, 6.07) is 31.4. The number of sulfonamides is 1. The Hall–Kier alpha value is -4.51. The fourth-order valence-electron chi connectivity index (χ4n) is 4.65. The zero-order valence-corrected chi connectivity index (χ0v) is 24.1. The van der Waals surface area contributed by atoms with Gasteiger partial charge in [0.25, 0.3) is 10.0 Å². The highest BCUT2D eigenvalue weighted by molar-refractivity contribution is 7.93. The maximum atomic E-state index is 13.5. The van der Waals surface area contributed by atoms with Crippen LogP contribution in [-0.4, -0.2) is 36.6 Å². The Balaban J connectivity index is 1.32. The minimum atomic E-state index is -3.75. The molecule has 0 saturated heterocycles. The first-order valence-corrected chi connectivity index (χ1v) is 14.8. The van der Waals surface area contributed by atoms with Gasteiger partial charge in [0, 0.05) is 28.9 Å². The number of nitrogens with one attached hydrogen (secondary N) is 2. The topological polar surface area (TPSA) is 91.6 Å². The average molecular weight is 599 g/mol. The molecule has 4 aromatic carbocycles. The van der Waals surface area contributed by atoms with Crippen LogP contribution >= 0.6 is 23.8 Å². The summed E-state index contributed by atoms with van der Waals surface area (Å²) in [4.78, 5) is 0.238. The van der Waals surface area contributed by atoms with E-state index in [0.717, 1.165) is 22.5 Å². The fraction of sp³-hybridized carbons (Fsp3) is 0.0333. The quantitative estimate of drug-likeness (QED) is 0.140. The van der Waals surface area contributed by atoms with Crippen molar-refractivity contribution in [2.45, 2.75) is 4.90 Å². The molecule has 0 spiro atoms. The summed E-state index contributed by atoms with van der Waals surface area (Å²) >= 11 is 11.2. The number of halogens is 1. The summed E-state index contributed by atoms with van der Waals surface area (Å²) in [5, 5.41) is 13.2. The maximum absolute atomic E-state index is 13.5. The maximum Gasteiger partial charge on any atom is 0.264 e. The van der Waals surface area contributed by atoms with E-state index in [4.69, 9.17) is 28.9 Å². The van der Waals surface area contributed by atoms with Gasteiger partial charge in [-0.1, -0.05) is 72.3 Å². The van der Waals surface area contributed by atoms with Crippen LogP contribution in [0, 0.1) is 0 Å². The number of thiocarbonyl (C=S) groups is 1. The lowest BCUT2D eigenvalue weighted by Gasteiger charge is -2.26. The summed E-state index contributed by atoms with van der Waals surface area (Å²) in [6.45, 7) is 0. The number of hydrazone groups is 1. The van der Waals surface area contributed by atoms with Gasteiger partial charge in [-0.25, -0.2) is 13.1 Å². The number of nitrogens with zero attached hydrogens (tertiary/aromatic N) is 4. The molecule has 2 N–H and O–H groups in total. The molecule has 0 amide bonds. The van der Waals surface area contributed by atoms with Crippen molar-refractivity contribution in [2.75, 3.05) is 16.7 Å². The second-order valence-electron chi connectivity index (χ2n) is 9.21. The predicted molar refractivity (Wildman–Crippen MR) is 168 cm³/mol. The Morgan fingerprint density at radius 3 is 2.34 bits per heavy atom. The van der Waals surface area contributed by atoms with E-state index in [-0.39, 0.29) is 4.90 Å². The van der Waals surface area contributed by atoms with Crippen LogP contribution in [0.1, 0.15) is 5.56 Å². The van der Waals surface area contributed by atoms with Crippen LogP contribution in [-0.2, 0) is 10.0 Å². The fourth-order valence-corrected chi connectivity index (χ4v) is 6.34. The van der Waals surface area contributed by atoms with Crippen molar-refractivity contribution in [3.63, 3.8) is 0 Å². The van der Waals surface area contributed by atoms with Crippen LogP contribution < -0.4 is 15.0 Å². The SMILES string of the molecule is CN1c2c(nn(-c3ccc(/C=N/NC(=S)Nc4ccc(Cl)cc4)cc3)c2-c2ccccc2)-c2ccccc2S1(=O)=O. The highest BCUT2D eigenvalue weighted by atomic mass is 35.5. The molecule has 1 aliphatic rings. The second-order valence-corrected chi connectivity index (χ2v) is 12.0. The molecule has 0 radical (unpaired) electrons. The van der Waals surface area contributed by atoms with Gasteiger partial charge in [-0.05, 0) is 60.2 Å². The van der Waals surface area contributed by atoms with Crippen LogP contribution in [0.25, 0.3) is 28.2 Å². The number of fused-ring (bicyclic) bond motifs is 3. The zero-order chi connectivity index (χ0) is 28.6. The van der Waals surface area contributed by atoms with Gasteiger partial charge in [-0.15, -0.1) is 0 Å². The highest BCUT2D eigenvalue weighted by Crippen LogP contribution is 2.47. The molecule has 0 atom stereocenters. The number of anilines is 2. The van der Waals surface area contributed by atoms with Gasteiger partial charge in [-0.3, -0.25) is 9.73 Å². The lowest BCUT2D eigenvalue weighted by molar-refractivity contribution is 0.594. The first-order chi connectivity index (χ1) is 19.8. The summed E-state index contributed by atoms with van der Waals surface area (Å²) in [7, 11) is -2.17. The molecular weight excluding hydrogens is 576 g/mol. The van der Waals surface area contributed by atoms with E-state index in [1.54, 1.807) is 48.3 Å². The van der Waals surface area contributed by atoms with E-state index < -0.39 is 10.0 Å². The third-order valence-corrected chi connectivity index (χ3v) is 8.88. The first kappa shape index (κ1) is 26.7. The van der Waals surface area contributed by atoms with Gasteiger partial charge in [0.1, 0.15) is 11.4 Å². The Kier molecular flexibility index (Phi) is 7.04. The number of rotatable bonds is 5. The molecular formula is C30H23ClN6O2S2. The highest BCUT2D eigenvalue weighted by Gasteiger charge is 2.38. The first-order valence-electron chi connectivity index (χ1n) is 12.6. The van der Waals surface area contributed by atoms with Gasteiger partial charge in [0.2, 0.25) is 0 Å². The van der Waals surface area contributed by atoms with Crippen LogP contribution in [0.4, 0.5) is 11.4 Å². The predicted octanol–water partition coefficient (Wildman–Crippen LogP) is 6.32. The van der Waals surface area contributed by atoms with Crippen LogP contribution in [0.15, 0.2) is 113 Å². The standard InChI is InChI=1S/C30H23ClN6O2S2/c1-36-29-27(25-9-5-6-10-26(25)41(36,38)39)35-37(28(29)21-7-3-2-4-8-21)24-17-11-20(12-18-24)19-32-34-30(40)33-23-15-13-22(31)14-16-23/h2-19H,1H3,(H2,33,34,40)/b32-19+. The van der Waals surface area contributed by atoms with Crippen LogP contribution in [0.3, 0.4) is 0 Å². The Morgan fingerprint density at radius 1 is 0.927 bits per heavy atom. The van der Waals surface area contributed by atoms with E-state index in [1.165, 1.54) is 4.31 Å². The Morgan fingerprint density at radius 2 is 1.61 bits per heavy atom. The number of hydrogen-bond acceptors (Lipinski definition) is 5. The van der Waals surface area contributed by atoms with Crippen molar-refractivity contribution in [3.05, 3.63) is 114 Å². The van der Waals surface area contributed by atoms with Crippen molar-refractivity contribution in [3.8, 4) is 28.2 Å². The van der Waals surface area contributed by atoms with Gasteiger partial charge in [-0.2, -0.15) is 10.2 Å². The molecule has 11 heteroatoms. The largest absolute Gasteiger partial charge is 0.331 e. The zero-order valence-electron chi connectivity index (χ0n) is 21.7. The summed E-state index contributed by atoms with van der Waals surface area (Å²) in [6.07, 6.45) is 1.66. The van der Waals surface area contributed by atoms with E-state index in [9.17, 15) is 8.42 Å². The third-order valence-electron chi connectivity index (χ3n) is 6.62. The van der Waals surface area contributed by atoms with E-state index in [2.05, 4.69) is 15.8 Å². The molecule has 204 valence electrons. The number of hydrogen-bond donors (Lipinski definition) is 2. The lowest BCUT2D eigenvalue weighted by atomic mass is 10.1. The molecule has 0 unspecified atom stereocenters. The van der Waals surface area contributed by atoms with Gasteiger partial charge >= 0.3 is 0 Å². The molecule has 0 bridgehead atoms. The van der Waals surface area contributed by atoms with Gasteiger partial charge in [0.05, 0.1) is 22.5 Å². The van der Waals surface area contributed by atoms with E-state index in [1.807, 2.05) is 72.8 Å². The summed E-state index contributed by atoms with van der Waals surface area (Å²) in [5.41, 5.74) is 8.45. The number of benzene rings is 4. The average Bonchev–Trinajstić information content (AvgIpc) is 3.39. The second kappa shape index (κ2) is 10.8. The molecule has 6 rings (SSSR count). The summed E-state index contributed by atoms with van der Waals surface area (Å²) in [5.74, 6) is 0. The third kappa shape index (κ3) is 5.08. The molecule has 0 fully saturated rings. The molecule has 2 heterocycles. The van der Waals surface area contributed by atoms with Crippen molar-refractivity contribution in [1.29, 1.82) is 0 Å². The Bertz CT molecular complexity index is 1890. The van der Waals surface area contributed by atoms with Crippen molar-refractivity contribution in [1.82, 2.24) is 15.2 Å². The van der Waals surface area contributed by atoms with Crippen LogP contribution in [0.5, 0.6) is 0 Å². The summed E-state index contributed by atoms with van der Waals surface area (Å²) < 4.78 is 30.0. The minimum Gasteiger partial charge on any atom is -0.331 e. The molecule has 1 aromatic heterocycles. The lowest BCUT2D eigenvalue weighted by Crippen LogP contribution is -2.30.